The summed E-state index contributed by atoms with van der Waals surface area (Å²) in [5.74, 6) is -2.09. The van der Waals surface area contributed by atoms with Crippen molar-refractivity contribution in [1.82, 2.24) is 0 Å². The molecule has 0 aliphatic rings. The molecule has 27 N–H and O–H groups in total. The first-order valence-corrected chi connectivity index (χ1v) is 31.8. The Balaban J connectivity index is 0.000000316. The monoisotopic (exact) mass is 1460 g/mol. The summed E-state index contributed by atoms with van der Waals surface area (Å²) in [6.45, 7) is -0.970. The van der Waals surface area contributed by atoms with Crippen LogP contribution in [0.2, 0.25) is 0 Å². The van der Waals surface area contributed by atoms with Crippen molar-refractivity contribution < 1.29 is 142 Å². The third kappa shape index (κ3) is 22.7. The Kier molecular flexibility index (Phi) is 38.2. The zero-order valence-corrected chi connectivity index (χ0v) is 57.4. The zero-order chi connectivity index (χ0) is 78.1. The number of rotatable bonds is 21. The molecule has 9 aromatic rings. The van der Waals surface area contributed by atoms with Crippen molar-refractivity contribution in [2.45, 2.75) is 146 Å². The van der Waals surface area contributed by atoms with Gasteiger partial charge >= 0.3 is 0 Å². The van der Waals surface area contributed by atoms with E-state index >= 15 is 0 Å². The van der Waals surface area contributed by atoms with E-state index in [0.717, 1.165) is 34.4 Å². The van der Waals surface area contributed by atoms with Crippen LogP contribution in [0.5, 0.6) is 51.7 Å². The summed E-state index contributed by atoms with van der Waals surface area (Å²) >= 11 is 0. The van der Waals surface area contributed by atoms with Crippen molar-refractivity contribution in [3.63, 3.8) is 0 Å². The van der Waals surface area contributed by atoms with E-state index in [1.165, 1.54) is 18.2 Å². The molecular weight excluding hydrogens is 1360 g/mol. The number of hydrogen-bond donors (Lipinski definition) is 27. The van der Waals surface area contributed by atoms with Gasteiger partial charge in [-0.1, -0.05) is 67.6 Å². The number of aliphatic hydroxyl groups excluding tert-OH is 18. The lowest BCUT2D eigenvalue weighted by molar-refractivity contribution is 0.233. The Hall–Kier alpha value is -9.61. The molecule has 566 valence electrons. The van der Waals surface area contributed by atoms with E-state index in [1.54, 1.807) is 50.2 Å². The van der Waals surface area contributed by atoms with Crippen LogP contribution < -0.4 is 0 Å². The van der Waals surface area contributed by atoms with Gasteiger partial charge in [-0.25, -0.2) is 4.39 Å². The largest absolute Gasteiger partial charge is 0.507 e. The predicted molar refractivity (Wildman–Crippen MR) is 376 cm³/mol. The first kappa shape index (κ1) is 88.6. The topological polar surface area (TPSA) is 546 Å². The number of aromatic hydroxyl groups is 9. The number of halogens is 1. The molecule has 28 heteroatoms. The summed E-state index contributed by atoms with van der Waals surface area (Å²) in [4.78, 5) is 0. The van der Waals surface area contributed by atoms with Gasteiger partial charge in [0.15, 0.2) is 0 Å². The number of aryl methyl sites for hydroxylation is 1. The van der Waals surface area contributed by atoms with Crippen LogP contribution in [0.25, 0.3) is 22.3 Å². The van der Waals surface area contributed by atoms with Crippen molar-refractivity contribution in [2.75, 3.05) is 0 Å². The smallest absolute Gasteiger partial charge is 0.132 e. The molecule has 0 saturated carbocycles. The van der Waals surface area contributed by atoms with Gasteiger partial charge in [0, 0.05) is 83.5 Å². The van der Waals surface area contributed by atoms with Crippen LogP contribution in [0.3, 0.4) is 0 Å². The minimum Gasteiger partial charge on any atom is -0.507 e. The van der Waals surface area contributed by atoms with Gasteiger partial charge in [-0.05, 0) is 125 Å². The molecule has 0 amide bonds. The Labute approximate surface area is 598 Å². The normalized spacial score (nSPS) is 10.5. The van der Waals surface area contributed by atoms with E-state index in [2.05, 4.69) is 0 Å². The minimum absolute atomic E-state index is 0.0282. The summed E-state index contributed by atoms with van der Waals surface area (Å²) < 4.78 is 12.6. The van der Waals surface area contributed by atoms with E-state index in [1.807, 2.05) is 55.5 Å². The molecular formula is C76H93FO27. The fraction of sp³-hybridized carbons (Fsp3) is 0.289. The van der Waals surface area contributed by atoms with E-state index in [4.69, 9.17) is 76.6 Å². The lowest BCUT2D eigenvalue weighted by Crippen LogP contribution is -2.04. The van der Waals surface area contributed by atoms with Crippen LogP contribution in [0.1, 0.15) is 124 Å². The van der Waals surface area contributed by atoms with Gasteiger partial charge in [0.25, 0.3) is 0 Å². The second-order valence-electron chi connectivity index (χ2n) is 22.6. The number of aliphatic hydroxyl groups is 18. The molecule has 0 fully saturated rings. The average Bonchev–Trinajstić information content (AvgIpc) is 0.794. The first-order chi connectivity index (χ1) is 49.8. The quantitative estimate of drug-likeness (QED) is 0.0435. The highest BCUT2D eigenvalue weighted by molar-refractivity contribution is 5.75. The van der Waals surface area contributed by atoms with Crippen molar-refractivity contribution in [3.8, 4) is 74.0 Å². The van der Waals surface area contributed by atoms with Crippen molar-refractivity contribution >= 4 is 0 Å². The second-order valence-corrected chi connectivity index (χ2v) is 22.6. The highest BCUT2D eigenvalue weighted by atomic mass is 19.1. The molecule has 0 unspecified atom stereocenters. The molecule has 0 heterocycles. The lowest BCUT2D eigenvalue weighted by Gasteiger charge is -2.17. The molecule has 9 rings (SSSR count). The van der Waals surface area contributed by atoms with Gasteiger partial charge in [-0.15, -0.1) is 0 Å². The molecule has 9 aromatic carbocycles. The maximum absolute atomic E-state index is 12.6. The van der Waals surface area contributed by atoms with E-state index in [-0.39, 0.29) is 157 Å². The Morgan fingerprint density at radius 2 is 0.490 bits per heavy atom. The third-order valence-electron chi connectivity index (χ3n) is 16.4. The predicted octanol–water partition coefficient (Wildman–Crippen LogP) is 4.67. The fourth-order valence-corrected chi connectivity index (χ4v) is 10.6. The average molecular weight is 1460 g/mol. The first-order valence-electron chi connectivity index (χ1n) is 31.8. The molecule has 0 aliphatic carbocycles. The van der Waals surface area contributed by atoms with E-state index in [9.17, 15) is 65.7 Å². The van der Waals surface area contributed by atoms with Crippen molar-refractivity contribution in [3.05, 3.63) is 238 Å². The van der Waals surface area contributed by atoms with Gasteiger partial charge in [-0.2, -0.15) is 0 Å². The van der Waals surface area contributed by atoms with Crippen LogP contribution >= 0.6 is 0 Å². The summed E-state index contributed by atoms with van der Waals surface area (Å²) in [5, 5.41) is 249. The highest BCUT2D eigenvalue weighted by Gasteiger charge is 2.23. The summed E-state index contributed by atoms with van der Waals surface area (Å²) in [5.41, 5.74) is 9.94. The number of benzene rings is 9. The molecule has 0 radical (unpaired) electrons. The lowest BCUT2D eigenvalue weighted by atomic mass is 9.92. The molecule has 0 aliphatic heterocycles. The molecule has 0 saturated heterocycles. The van der Waals surface area contributed by atoms with E-state index < -0.39 is 63.6 Å². The molecule has 27 nitrogen and oxygen atoms in total. The van der Waals surface area contributed by atoms with Crippen LogP contribution in [0, 0.1) is 19.7 Å². The van der Waals surface area contributed by atoms with Crippen LogP contribution in [0.15, 0.2) is 115 Å². The fourth-order valence-electron chi connectivity index (χ4n) is 10.6. The second kappa shape index (κ2) is 44.8. The maximum atomic E-state index is 12.6. The van der Waals surface area contributed by atoms with E-state index in [0.29, 0.717) is 78.7 Å². The number of hydrogen-bond acceptors (Lipinski definition) is 27. The minimum atomic E-state index is -0.589. The highest BCUT2D eigenvalue weighted by Crippen LogP contribution is 2.42. The standard InChI is InChI=1S/C14H14O4.C14H14O3.C11H16O4.C10H14O6.C10H14O3.C9H12O4.C8H9FO3/c15-7-10-6-11(9-4-2-1-3-5-9)14(18)12(8-16)13(10)17;15-8-10-6-12(9-16)14(17)13(7-10)11-4-2-1-3-5-11;1-6-8(3-12)7(2)10(5-14)11(15)9(6)4-13;11-1-5-6(2-12)10(16)8(4-14)7(3-13)9(5)15;1-2-8-3-7(5-11)4-9(6-12)10(8)13;10-3-6-1-7(4-11)9(13)8(2-6)5-12;9-7-1-5(3-10)8(12)6(2-7)4-11/h1-6,15-18H,7-8H2;1-7,15-17H,8-9H2;12-15H,3-5H2,1-2H3;11-16H,1-4H2;3-4,11-13H,2,5-6H2,1H3;1-2,10-13H,3-5H2;1-2,10-12H,3-4H2. The van der Waals surface area contributed by atoms with Crippen molar-refractivity contribution in [1.29, 1.82) is 0 Å². The van der Waals surface area contributed by atoms with Gasteiger partial charge in [0.05, 0.1) is 124 Å². The Morgan fingerprint density at radius 3 is 0.788 bits per heavy atom. The summed E-state index contributed by atoms with van der Waals surface area (Å²) in [7, 11) is 0. The van der Waals surface area contributed by atoms with Gasteiger partial charge in [0.1, 0.15) is 57.6 Å². The molecule has 0 atom stereocenters. The molecule has 0 bridgehead atoms. The van der Waals surface area contributed by atoms with Crippen molar-refractivity contribution in [2.24, 2.45) is 0 Å². The van der Waals surface area contributed by atoms with Gasteiger partial charge < -0.3 is 138 Å². The van der Waals surface area contributed by atoms with Crippen LogP contribution in [0.4, 0.5) is 4.39 Å². The zero-order valence-electron chi connectivity index (χ0n) is 57.4. The Morgan fingerprint density at radius 1 is 0.231 bits per heavy atom. The van der Waals surface area contributed by atoms with Crippen LogP contribution in [-0.2, 0) is 125 Å². The van der Waals surface area contributed by atoms with Gasteiger partial charge in [0.2, 0.25) is 0 Å². The SMILES string of the molecule is CCc1cc(CO)cc(CO)c1O.Cc1c(CO)c(C)c(CO)c(O)c1CO.OCc1c(O)c(CO)c(CO)c(O)c1CO.OCc1cc(-c2ccccc2)c(O)c(CO)c1O.OCc1cc(CO)c(O)c(-c2ccccc2)c1.OCc1cc(CO)c(O)c(CO)c1.OCc1cc(F)cc(CO)c1O. The maximum Gasteiger partial charge on any atom is 0.132 e. The van der Waals surface area contributed by atoms with Crippen LogP contribution in [-0.4, -0.2) is 138 Å². The van der Waals surface area contributed by atoms with Gasteiger partial charge in [-0.3, -0.25) is 0 Å². The molecule has 0 aromatic heterocycles. The third-order valence-corrected chi connectivity index (χ3v) is 16.4. The number of phenols is 9. The molecule has 104 heavy (non-hydrogen) atoms. The summed E-state index contributed by atoms with van der Waals surface area (Å²) in [6, 6.07) is 31.7. The summed E-state index contributed by atoms with van der Waals surface area (Å²) in [6.07, 6.45) is 0.687. The molecule has 0 spiro atoms. The Bertz CT molecular complexity index is 3880.